The molecule has 2 aromatic heterocycles. The molecular formula is C26H26N4O2S. The highest BCUT2D eigenvalue weighted by Crippen LogP contribution is 2.35. The lowest BCUT2D eigenvalue weighted by molar-refractivity contribution is -0.137. The molecule has 168 valence electrons. The maximum Gasteiger partial charge on any atom is 0.319 e. The predicted octanol–water partition coefficient (Wildman–Crippen LogP) is 5.61. The second-order valence-corrected chi connectivity index (χ2v) is 9.81. The van der Waals surface area contributed by atoms with E-state index >= 15 is 0 Å². The van der Waals surface area contributed by atoms with E-state index in [-0.39, 0.29) is 11.2 Å². The van der Waals surface area contributed by atoms with Crippen molar-refractivity contribution in [1.29, 1.82) is 0 Å². The molecule has 1 atom stereocenters. The summed E-state index contributed by atoms with van der Waals surface area (Å²) < 4.78 is 7.32. The standard InChI is InChI=1S/C26H26N4O2S/c1-17(2)12-14-30-24(28-29-26(30)33-23-13-15-32-25(23)31)20-16-22(18-8-4-3-5-9-18)27-21-11-7-6-10-19(20)21/h3-11,16-17,23H,12-15H2,1-2H3/t23-/m0/s1. The first-order valence-corrected chi connectivity index (χ1v) is 12.2. The molecule has 0 amide bonds. The number of para-hydroxylation sites is 1. The number of esters is 1. The van der Waals surface area contributed by atoms with Gasteiger partial charge in [0.15, 0.2) is 11.0 Å². The van der Waals surface area contributed by atoms with Gasteiger partial charge in [0.2, 0.25) is 0 Å². The maximum atomic E-state index is 12.1. The normalized spacial score (nSPS) is 16.0. The Morgan fingerprint density at radius 1 is 1.09 bits per heavy atom. The average Bonchev–Trinajstić information content (AvgIpc) is 3.43. The highest BCUT2D eigenvalue weighted by molar-refractivity contribution is 8.00. The molecule has 4 aromatic rings. The van der Waals surface area contributed by atoms with E-state index in [1.807, 2.05) is 36.4 Å². The lowest BCUT2D eigenvalue weighted by Crippen LogP contribution is -2.12. The van der Waals surface area contributed by atoms with Crippen LogP contribution in [0.3, 0.4) is 0 Å². The molecule has 0 bridgehead atoms. The Morgan fingerprint density at radius 3 is 2.64 bits per heavy atom. The fraction of sp³-hybridized carbons (Fsp3) is 0.308. The third kappa shape index (κ3) is 4.50. The fourth-order valence-electron chi connectivity index (χ4n) is 3.99. The molecule has 0 aliphatic carbocycles. The van der Waals surface area contributed by atoms with E-state index in [2.05, 4.69) is 52.9 Å². The minimum atomic E-state index is -0.228. The van der Waals surface area contributed by atoms with E-state index < -0.39 is 0 Å². The number of cyclic esters (lactones) is 1. The number of hydrogen-bond donors (Lipinski definition) is 0. The smallest absolute Gasteiger partial charge is 0.319 e. The van der Waals surface area contributed by atoms with E-state index in [9.17, 15) is 4.79 Å². The number of rotatable bonds is 7. The van der Waals surface area contributed by atoms with E-state index in [1.165, 1.54) is 11.8 Å². The molecule has 7 heteroatoms. The molecule has 1 aliphatic heterocycles. The Morgan fingerprint density at radius 2 is 1.88 bits per heavy atom. The molecule has 3 heterocycles. The first-order valence-electron chi connectivity index (χ1n) is 11.3. The van der Waals surface area contributed by atoms with Gasteiger partial charge in [0.1, 0.15) is 5.25 Å². The van der Waals surface area contributed by atoms with Gasteiger partial charge in [-0.3, -0.25) is 4.79 Å². The molecule has 2 aromatic carbocycles. The van der Waals surface area contributed by atoms with Crippen LogP contribution in [-0.2, 0) is 16.1 Å². The first kappa shape index (κ1) is 21.6. The summed E-state index contributed by atoms with van der Waals surface area (Å²) in [5.74, 6) is 1.17. The summed E-state index contributed by atoms with van der Waals surface area (Å²) in [6, 6.07) is 20.4. The molecule has 0 radical (unpaired) electrons. The zero-order valence-corrected chi connectivity index (χ0v) is 19.6. The van der Waals surface area contributed by atoms with Crippen LogP contribution in [0.5, 0.6) is 0 Å². The van der Waals surface area contributed by atoms with Gasteiger partial charge in [-0.2, -0.15) is 0 Å². The van der Waals surface area contributed by atoms with Crippen molar-refractivity contribution < 1.29 is 9.53 Å². The zero-order chi connectivity index (χ0) is 22.8. The highest BCUT2D eigenvalue weighted by atomic mass is 32.2. The molecule has 1 fully saturated rings. The monoisotopic (exact) mass is 458 g/mol. The minimum Gasteiger partial charge on any atom is -0.465 e. The predicted molar refractivity (Wildman–Crippen MR) is 131 cm³/mol. The van der Waals surface area contributed by atoms with Crippen LogP contribution in [0.15, 0.2) is 65.8 Å². The molecule has 6 nitrogen and oxygen atoms in total. The second-order valence-electron chi connectivity index (χ2n) is 8.64. The summed E-state index contributed by atoms with van der Waals surface area (Å²) in [5, 5.41) is 10.7. The van der Waals surface area contributed by atoms with Gasteiger partial charge in [0, 0.05) is 29.5 Å². The minimum absolute atomic E-state index is 0.166. The van der Waals surface area contributed by atoms with Crippen molar-refractivity contribution in [2.24, 2.45) is 5.92 Å². The van der Waals surface area contributed by atoms with Crippen molar-refractivity contribution >= 4 is 28.6 Å². The van der Waals surface area contributed by atoms with Crippen molar-refractivity contribution in [2.45, 2.75) is 43.6 Å². The Balaban J connectivity index is 1.64. The van der Waals surface area contributed by atoms with E-state index in [1.54, 1.807) is 0 Å². The van der Waals surface area contributed by atoms with Gasteiger partial charge >= 0.3 is 5.97 Å². The summed E-state index contributed by atoms with van der Waals surface area (Å²) in [6.07, 6.45) is 1.69. The lowest BCUT2D eigenvalue weighted by Gasteiger charge is -2.15. The fourth-order valence-corrected chi connectivity index (χ4v) is 5.02. The second kappa shape index (κ2) is 9.35. The summed E-state index contributed by atoms with van der Waals surface area (Å²) in [4.78, 5) is 17.0. The van der Waals surface area contributed by atoms with Gasteiger partial charge < -0.3 is 9.30 Å². The molecule has 33 heavy (non-hydrogen) atoms. The lowest BCUT2D eigenvalue weighted by atomic mass is 10.0. The summed E-state index contributed by atoms with van der Waals surface area (Å²) in [6.45, 7) is 5.67. The van der Waals surface area contributed by atoms with Crippen LogP contribution in [0.2, 0.25) is 0 Å². The van der Waals surface area contributed by atoms with E-state index in [0.717, 1.165) is 51.7 Å². The molecule has 0 spiro atoms. The van der Waals surface area contributed by atoms with Crippen LogP contribution in [-0.4, -0.2) is 37.6 Å². The van der Waals surface area contributed by atoms with Gasteiger partial charge in [-0.05, 0) is 24.5 Å². The van der Waals surface area contributed by atoms with Crippen LogP contribution < -0.4 is 0 Å². The number of pyridine rings is 1. The Hall–Kier alpha value is -3.19. The van der Waals surface area contributed by atoms with Crippen LogP contribution in [0.25, 0.3) is 33.5 Å². The van der Waals surface area contributed by atoms with E-state index in [0.29, 0.717) is 18.9 Å². The van der Waals surface area contributed by atoms with Gasteiger partial charge in [0.05, 0.1) is 17.8 Å². The van der Waals surface area contributed by atoms with Gasteiger partial charge in [-0.15, -0.1) is 10.2 Å². The molecule has 0 saturated carbocycles. The van der Waals surface area contributed by atoms with Crippen LogP contribution in [0.4, 0.5) is 0 Å². The van der Waals surface area contributed by atoms with Gasteiger partial charge in [0.25, 0.3) is 0 Å². The summed E-state index contributed by atoms with van der Waals surface area (Å²) in [7, 11) is 0. The Labute approximate surface area is 197 Å². The number of benzene rings is 2. The molecule has 1 saturated heterocycles. The number of hydrogen-bond acceptors (Lipinski definition) is 6. The van der Waals surface area contributed by atoms with Crippen LogP contribution in [0, 0.1) is 5.92 Å². The largest absolute Gasteiger partial charge is 0.465 e. The summed E-state index contributed by atoms with van der Waals surface area (Å²) in [5.41, 5.74) is 3.87. The van der Waals surface area contributed by atoms with Crippen molar-refractivity contribution in [2.75, 3.05) is 6.61 Å². The number of ether oxygens (including phenoxy) is 1. The third-order valence-corrected chi connectivity index (χ3v) is 7.03. The zero-order valence-electron chi connectivity index (χ0n) is 18.8. The van der Waals surface area contributed by atoms with Crippen molar-refractivity contribution in [3.05, 3.63) is 60.7 Å². The molecule has 0 N–H and O–H groups in total. The van der Waals surface area contributed by atoms with E-state index in [4.69, 9.17) is 9.72 Å². The van der Waals surface area contributed by atoms with Crippen molar-refractivity contribution in [3.8, 4) is 22.6 Å². The molecule has 1 aliphatic rings. The first-order chi connectivity index (χ1) is 16.1. The van der Waals surface area contributed by atoms with Crippen molar-refractivity contribution in [1.82, 2.24) is 19.7 Å². The van der Waals surface area contributed by atoms with Crippen molar-refractivity contribution in [3.63, 3.8) is 0 Å². The number of carbonyl (C=O) groups is 1. The van der Waals surface area contributed by atoms with Crippen LogP contribution in [0.1, 0.15) is 26.7 Å². The highest BCUT2D eigenvalue weighted by Gasteiger charge is 2.30. The molecule has 0 unspecified atom stereocenters. The van der Waals surface area contributed by atoms with Gasteiger partial charge in [-0.1, -0.05) is 74.1 Å². The Bertz CT molecular complexity index is 1290. The van der Waals surface area contributed by atoms with Gasteiger partial charge in [-0.25, -0.2) is 4.98 Å². The third-order valence-electron chi connectivity index (χ3n) is 5.81. The molecule has 5 rings (SSSR count). The van der Waals surface area contributed by atoms with Crippen LogP contribution >= 0.6 is 11.8 Å². The summed E-state index contributed by atoms with van der Waals surface area (Å²) >= 11 is 1.46. The number of nitrogens with zero attached hydrogens (tertiary/aromatic N) is 4. The average molecular weight is 459 g/mol. The number of fused-ring (bicyclic) bond motifs is 1. The number of thioether (sulfide) groups is 1. The topological polar surface area (TPSA) is 69.9 Å². The quantitative estimate of drug-likeness (QED) is 0.335. The maximum absolute atomic E-state index is 12.1. The number of aromatic nitrogens is 4. The number of carbonyl (C=O) groups excluding carboxylic acids is 1. The Kier molecular flexibility index (Phi) is 6.13. The SMILES string of the molecule is CC(C)CCn1c(S[C@H]2CCOC2=O)nnc1-c1cc(-c2ccccc2)nc2ccccc12. The molecular weight excluding hydrogens is 432 g/mol.